The van der Waals surface area contributed by atoms with E-state index in [-0.39, 0.29) is 25.0 Å². The Morgan fingerprint density at radius 1 is 0.773 bits per heavy atom. The Bertz CT molecular complexity index is 369. The summed E-state index contributed by atoms with van der Waals surface area (Å²) in [5.41, 5.74) is 0. The molecule has 0 spiro atoms. The van der Waals surface area contributed by atoms with Crippen LogP contribution in [0.25, 0.3) is 0 Å². The van der Waals surface area contributed by atoms with Crippen molar-refractivity contribution in [2.75, 3.05) is 25.7 Å². The van der Waals surface area contributed by atoms with Gasteiger partial charge in [-0.3, -0.25) is 29.4 Å². The van der Waals surface area contributed by atoms with Crippen molar-refractivity contribution in [3.63, 3.8) is 0 Å². The molecule has 130 valence electrons. The largest absolute Gasteiger partial charge is 0.480 e. The number of rotatable bonds is 8. The van der Waals surface area contributed by atoms with E-state index in [9.17, 15) is 18.7 Å². The zero-order valence-electron chi connectivity index (χ0n) is 11.2. The number of hydrogen-bond acceptors (Lipinski definition) is 6. The van der Waals surface area contributed by atoms with Gasteiger partial charge in [-0.25, -0.2) is 0 Å². The minimum absolute atomic E-state index is 0. The van der Waals surface area contributed by atoms with Gasteiger partial charge < -0.3 is 35.3 Å². The molecule has 0 aliphatic heterocycles. The minimum atomic E-state index is -4.10. The van der Waals surface area contributed by atoms with Gasteiger partial charge in [0.25, 0.3) is 0 Å². The molecule has 0 bridgehead atoms. The summed E-state index contributed by atoms with van der Waals surface area (Å²) < 4.78 is 20.1. The monoisotopic (exact) mass is 420 g/mol. The molecule has 0 aliphatic carbocycles. The summed E-state index contributed by atoms with van der Waals surface area (Å²) in [6.07, 6.45) is -1.20. The van der Waals surface area contributed by atoms with Crippen LogP contribution in [0.15, 0.2) is 0 Å². The van der Waals surface area contributed by atoms with Gasteiger partial charge in [0.15, 0.2) is 0 Å². The number of carbonyl (C=O) groups is 2. The molecule has 16 heteroatoms. The molecule has 0 saturated heterocycles. The van der Waals surface area contributed by atoms with Crippen molar-refractivity contribution in [1.29, 1.82) is 0 Å². The van der Waals surface area contributed by atoms with Gasteiger partial charge in [-0.2, -0.15) is 0 Å². The summed E-state index contributed by atoms with van der Waals surface area (Å²) >= 11 is 0. The van der Waals surface area contributed by atoms with Gasteiger partial charge >= 0.3 is 27.1 Å². The molecular formula is C6H18N2O11P2Zn. The Morgan fingerprint density at radius 2 is 1.00 bits per heavy atom. The second-order valence-electron chi connectivity index (χ2n) is 3.29. The van der Waals surface area contributed by atoms with Crippen LogP contribution in [0.3, 0.4) is 0 Å². The molecule has 0 unspecified atom stereocenters. The molecule has 10 N–H and O–H groups in total. The Balaban J connectivity index is -0.000000135. The third kappa shape index (κ3) is 36.7. The van der Waals surface area contributed by atoms with E-state index in [4.69, 9.17) is 29.8 Å². The average Bonchev–Trinajstić information content (AvgIpc) is 2.12. The molecule has 0 rings (SSSR count). The van der Waals surface area contributed by atoms with Crippen molar-refractivity contribution in [2.24, 2.45) is 0 Å². The first kappa shape index (κ1) is 29.7. The number of nitrogens with one attached hydrogen (secondary N) is 2. The van der Waals surface area contributed by atoms with E-state index >= 15 is 0 Å². The third-order valence-electron chi connectivity index (χ3n) is 1.19. The summed E-state index contributed by atoms with van der Waals surface area (Å²) in [5, 5.41) is 20.1. The minimum Gasteiger partial charge on any atom is -0.480 e. The fourth-order valence-corrected chi connectivity index (χ4v) is 1.42. The summed E-state index contributed by atoms with van der Waals surface area (Å²) in [6.45, 7) is -0.879. The third-order valence-corrected chi connectivity index (χ3v) is 2.46. The van der Waals surface area contributed by atoms with E-state index in [0.717, 1.165) is 0 Å². The summed E-state index contributed by atoms with van der Waals surface area (Å²) in [6, 6.07) is 0. The maximum absolute atomic E-state index is 10.1. The van der Waals surface area contributed by atoms with Crippen LogP contribution < -0.4 is 10.6 Å². The van der Waals surface area contributed by atoms with Crippen LogP contribution in [0, 0.1) is 0 Å². The van der Waals surface area contributed by atoms with Gasteiger partial charge in [0.1, 0.15) is 0 Å². The van der Waals surface area contributed by atoms with Crippen molar-refractivity contribution in [1.82, 2.24) is 10.6 Å². The molecule has 0 aliphatic rings. The van der Waals surface area contributed by atoms with Crippen LogP contribution in [-0.4, -0.2) is 72.9 Å². The van der Waals surface area contributed by atoms with E-state index in [2.05, 4.69) is 10.6 Å². The van der Waals surface area contributed by atoms with Gasteiger partial charge in [-0.15, -0.1) is 0 Å². The smallest absolute Gasteiger partial charge is 0.339 e. The number of carboxylic acid groups (broad SMARTS) is 2. The standard InChI is InChI=1S/2C3H8NO5P.H2O.Zn/c2*5-3(6)1-4-2-10(7,8)9;;/h2*4H,1-2H2,(H,5,6)(H2,7,8,9);1H2;. The molecule has 0 atom stereocenters. The van der Waals surface area contributed by atoms with Gasteiger partial charge in [0, 0.05) is 19.5 Å². The topological polar surface area (TPSA) is 245 Å². The van der Waals surface area contributed by atoms with Crippen molar-refractivity contribution >= 4 is 27.1 Å². The molecule has 0 aromatic heterocycles. The first-order chi connectivity index (χ1) is 8.83. The predicted molar refractivity (Wildman–Crippen MR) is 68.7 cm³/mol. The second-order valence-corrected chi connectivity index (χ2v) is 6.58. The first-order valence-corrected chi connectivity index (χ1v) is 8.37. The number of aliphatic carboxylic acids is 2. The van der Waals surface area contributed by atoms with E-state index in [0.29, 0.717) is 0 Å². The normalized spacial score (nSPS) is 10.4. The molecule has 13 nitrogen and oxygen atoms in total. The summed E-state index contributed by atoms with van der Waals surface area (Å²) in [5.74, 6) is -2.29. The van der Waals surface area contributed by atoms with E-state index < -0.39 is 52.8 Å². The summed E-state index contributed by atoms with van der Waals surface area (Å²) in [4.78, 5) is 52.3. The average molecular weight is 422 g/mol. The van der Waals surface area contributed by atoms with E-state index in [1.54, 1.807) is 0 Å². The predicted octanol–water partition coefficient (Wildman–Crippen LogP) is -3.24. The van der Waals surface area contributed by atoms with Crippen LogP contribution >= 0.6 is 15.2 Å². The molecule has 0 saturated carbocycles. The Kier molecular flexibility index (Phi) is 19.4. The molecule has 22 heavy (non-hydrogen) atoms. The maximum atomic E-state index is 10.1. The molecule has 0 radical (unpaired) electrons. The van der Waals surface area contributed by atoms with Gasteiger partial charge in [0.2, 0.25) is 0 Å². The second kappa shape index (κ2) is 14.3. The van der Waals surface area contributed by atoms with Crippen molar-refractivity contribution in [3.8, 4) is 0 Å². The van der Waals surface area contributed by atoms with Crippen molar-refractivity contribution < 1.29 is 73.5 Å². The molecule has 0 fully saturated rings. The van der Waals surface area contributed by atoms with Crippen LogP contribution in [0.5, 0.6) is 0 Å². The molecule has 0 heterocycles. The van der Waals surface area contributed by atoms with Crippen LogP contribution in [0.4, 0.5) is 0 Å². The van der Waals surface area contributed by atoms with Crippen molar-refractivity contribution in [3.05, 3.63) is 0 Å². The molecule has 0 aromatic rings. The van der Waals surface area contributed by atoms with Crippen LogP contribution in [-0.2, 0) is 38.2 Å². The van der Waals surface area contributed by atoms with Gasteiger partial charge in [-0.05, 0) is 0 Å². The molecular weight excluding hydrogens is 403 g/mol. The van der Waals surface area contributed by atoms with Gasteiger partial charge in [0.05, 0.1) is 25.7 Å². The molecule has 0 aromatic carbocycles. The number of hydrogen-bond donors (Lipinski definition) is 8. The SMILES string of the molecule is O.O=C(O)CNCP(=O)(O)O.O=C(O)CNCP(=O)(O)O.[Zn]. The Labute approximate surface area is 137 Å². The number of carboxylic acids is 2. The fraction of sp³-hybridized carbons (Fsp3) is 0.667. The quantitative estimate of drug-likeness (QED) is 0.142. The zero-order valence-corrected chi connectivity index (χ0v) is 16.0. The zero-order chi connectivity index (χ0) is 16.4. The van der Waals surface area contributed by atoms with E-state index in [1.807, 2.05) is 0 Å². The van der Waals surface area contributed by atoms with Gasteiger partial charge in [-0.1, -0.05) is 0 Å². The Hall–Kier alpha value is -0.257. The molecule has 0 amide bonds. The van der Waals surface area contributed by atoms with Crippen LogP contribution in [0.1, 0.15) is 0 Å². The fourth-order valence-electron chi connectivity index (χ4n) is 0.617. The van der Waals surface area contributed by atoms with Crippen molar-refractivity contribution in [2.45, 2.75) is 0 Å². The summed E-state index contributed by atoms with van der Waals surface area (Å²) in [7, 11) is -8.19. The first-order valence-electron chi connectivity index (χ1n) is 4.77. The maximum Gasteiger partial charge on any atom is 0.339 e. The van der Waals surface area contributed by atoms with Crippen LogP contribution in [0.2, 0.25) is 0 Å². The Morgan fingerprint density at radius 3 is 1.14 bits per heavy atom. The van der Waals surface area contributed by atoms with E-state index in [1.165, 1.54) is 0 Å².